The molecule has 112 valence electrons. The van der Waals surface area contributed by atoms with Gasteiger partial charge in [-0.3, -0.25) is 4.79 Å². The van der Waals surface area contributed by atoms with E-state index >= 15 is 0 Å². The van der Waals surface area contributed by atoms with Crippen molar-refractivity contribution in [1.29, 1.82) is 0 Å². The molecule has 0 saturated heterocycles. The molecule has 0 atom stereocenters. The molecule has 1 aromatic carbocycles. The number of benzene rings is 1. The fourth-order valence-corrected chi connectivity index (χ4v) is 2.92. The molecule has 0 unspecified atom stereocenters. The minimum atomic E-state index is 0.119. The van der Waals surface area contributed by atoms with Crippen LogP contribution in [0.25, 0.3) is 10.6 Å². The normalized spacial score (nSPS) is 10.6. The highest BCUT2D eigenvalue weighted by molar-refractivity contribution is 7.13. The van der Waals surface area contributed by atoms with E-state index in [4.69, 9.17) is 0 Å². The fraction of sp³-hybridized carbons (Fsp3) is 0.412. The van der Waals surface area contributed by atoms with Crippen LogP contribution < -0.4 is 5.32 Å². The van der Waals surface area contributed by atoms with Gasteiger partial charge in [0, 0.05) is 23.9 Å². The van der Waals surface area contributed by atoms with E-state index < -0.39 is 0 Å². The summed E-state index contributed by atoms with van der Waals surface area (Å²) in [6, 6.07) is 8.35. The number of nitrogens with one attached hydrogen (secondary N) is 1. The lowest BCUT2D eigenvalue weighted by Gasteiger charge is -2.02. The number of hydrogen-bond donors (Lipinski definition) is 1. The van der Waals surface area contributed by atoms with Crippen molar-refractivity contribution >= 4 is 17.2 Å². The van der Waals surface area contributed by atoms with E-state index in [1.807, 2.05) is 6.07 Å². The van der Waals surface area contributed by atoms with Crippen LogP contribution in [0.5, 0.6) is 0 Å². The summed E-state index contributed by atoms with van der Waals surface area (Å²) in [6.45, 7) is 4.98. The Morgan fingerprint density at radius 2 is 2.24 bits per heavy atom. The highest BCUT2D eigenvalue weighted by atomic mass is 32.1. The summed E-state index contributed by atoms with van der Waals surface area (Å²) in [6.07, 6.45) is 3.37. The van der Waals surface area contributed by atoms with Crippen LogP contribution in [-0.2, 0) is 11.2 Å². The molecule has 21 heavy (non-hydrogen) atoms. The molecule has 1 N–H and O–H groups in total. The first-order chi connectivity index (χ1) is 10.2. The highest BCUT2D eigenvalue weighted by Gasteiger charge is 2.07. The molecular formula is C17H22N2OS. The Bertz CT molecular complexity index is 592. The van der Waals surface area contributed by atoms with Crippen molar-refractivity contribution in [2.24, 2.45) is 0 Å². The third-order valence-electron chi connectivity index (χ3n) is 3.28. The molecule has 0 aliphatic heterocycles. The summed E-state index contributed by atoms with van der Waals surface area (Å²) in [7, 11) is 0. The number of thiazole rings is 1. The Kier molecular flexibility index (Phi) is 5.93. The monoisotopic (exact) mass is 302 g/mol. The molecule has 0 aliphatic rings. The lowest BCUT2D eigenvalue weighted by molar-refractivity contribution is -0.121. The minimum absolute atomic E-state index is 0.119. The smallest absolute Gasteiger partial charge is 0.220 e. The van der Waals surface area contributed by atoms with Gasteiger partial charge in [-0.1, -0.05) is 37.1 Å². The molecule has 4 heteroatoms. The van der Waals surface area contributed by atoms with E-state index in [1.165, 1.54) is 5.56 Å². The average Bonchev–Trinajstić information content (AvgIpc) is 2.94. The summed E-state index contributed by atoms with van der Waals surface area (Å²) in [4.78, 5) is 16.3. The van der Waals surface area contributed by atoms with Gasteiger partial charge in [0.15, 0.2) is 0 Å². The standard InChI is InChI=1S/C17H22N2OS/c1-3-4-10-18-16(20)9-8-15-12-21-17(19-15)14-7-5-6-13(2)11-14/h5-7,11-12H,3-4,8-10H2,1-2H3,(H,18,20). The lowest BCUT2D eigenvalue weighted by atomic mass is 10.1. The Balaban J connectivity index is 1.87. The largest absolute Gasteiger partial charge is 0.356 e. The summed E-state index contributed by atoms with van der Waals surface area (Å²) >= 11 is 1.64. The molecule has 0 bridgehead atoms. The number of rotatable bonds is 7. The van der Waals surface area contributed by atoms with Crippen LogP contribution in [0, 0.1) is 6.92 Å². The summed E-state index contributed by atoms with van der Waals surface area (Å²) < 4.78 is 0. The van der Waals surface area contributed by atoms with Gasteiger partial charge in [-0.2, -0.15) is 0 Å². The minimum Gasteiger partial charge on any atom is -0.356 e. The molecule has 0 fully saturated rings. The van der Waals surface area contributed by atoms with Gasteiger partial charge in [0.2, 0.25) is 5.91 Å². The van der Waals surface area contributed by atoms with Crippen LogP contribution in [-0.4, -0.2) is 17.4 Å². The molecule has 0 spiro atoms. The van der Waals surface area contributed by atoms with E-state index in [0.717, 1.165) is 35.7 Å². The zero-order chi connectivity index (χ0) is 15.1. The molecule has 3 nitrogen and oxygen atoms in total. The number of carbonyl (C=O) groups excluding carboxylic acids is 1. The molecule has 0 radical (unpaired) electrons. The molecule has 1 amide bonds. The van der Waals surface area contributed by atoms with Crippen LogP contribution >= 0.6 is 11.3 Å². The molecule has 0 aliphatic carbocycles. The van der Waals surface area contributed by atoms with Crippen LogP contribution in [0.3, 0.4) is 0 Å². The quantitative estimate of drug-likeness (QED) is 0.786. The zero-order valence-electron chi connectivity index (χ0n) is 12.7. The van der Waals surface area contributed by atoms with Gasteiger partial charge < -0.3 is 5.32 Å². The topological polar surface area (TPSA) is 42.0 Å². The lowest BCUT2D eigenvalue weighted by Crippen LogP contribution is -2.24. The van der Waals surface area contributed by atoms with Crippen LogP contribution in [0.1, 0.15) is 37.4 Å². The number of nitrogens with zero attached hydrogens (tertiary/aromatic N) is 1. The molecule has 0 saturated carbocycles. The van der Waals surface area contributed by atoms with Crippen LogP contribution in [0.2, 0.25) is 0 Å². The number of aryl methyl sites for hydroxylation is 2. The molecule has 2 rings (SSSR count). The van der Waals surface area contributed by atoms with Gasteiger partial charge in [0.1, 0.15) is 5.01 Å². The third-order valence-corrected chi connectivity index (χ3v) is 4.22. The van der Waals surface area contributed by atoms with E-state index in [9.17, 15) is 4.79 Å². The van der Waals surface area contributed by atoms with Crippen molar-refractivity contribution in [3.05, 3.63) is 40.9 Å². The van der Waals surface area contributed by atoms with E-state index in [-0.39, 0.29) is 5.91 Å². The number of hydrogen-bond acceptors (Lipinski definition) is 3. The molecule has 1 heterocycles. The maximum absolute atomic E-state index is 11.7. The van der Waals surface area contributed by atoms with Gasteiger partial charge in [-0.15, -0.1) is 11.3 Å². The van der Waals surface area contributed by atoms with Crippen molar-refractivity contribution < 1.29 is 4.79 Å². The van der Waals surface area contributed by atoms with Crippen LogP contribution in [0.4, 0.5) is 0 Å². The first-order valence-electron chi connectivity index (χ1n) is 7.47. The Labute approximate surface area is 130 Å². The van der Waals surface area contributed by atoms with Crippen molar-refractivity contribution in [3.8, 4) is 10.6 Å². The maximum atomic E-state index is 11.7. The number of amides is 1. The van der Waals surface area contributed by atoms with Gasteiger partial charge in [0.25, 0.3) is 0 Å². The van der Waals surface area contributed by atoms with Crippen molar-refractivity contribution in [2.75, 3.05) is 6.54 Å². The van der Waals surface area contributed by atoms with Gasteiger partial charge in [-0.05, 0) is 25.8 Å². The third kappa shape index (κ3) is 4.97. The second-order valence-electron chi connectivity index (χ2n) is 5.22. The van der Waals surface area contributed by atoms with E-state index in [2.05, 4.69) is 47.7 Å². The predicted molar refractivity (Wildman–Crippen MR) is 88.5 cm³/mol. The van der Waals surface area contributed by atoms with Gasteiger partial charge in [0.05, 0.1) is 5.69 Å². The maximum Gasteiger partial charge on any atom is 0.220 e. The van der Waals surface area contributed by atoms with Crippen molar-refractivity contribution in [3.63, 3.8) is 0 Å². The summed E-state index contributed by atoms with van der Waals surface area (Å²) in [5.41, 5.74) is 3.39. The predicted octanol–water partition coefficient (Wildman–Crippen LogP) is 3.97. The van der Waals surface area contributed by atoms with Crippen LogP contribution in [0.15, 0.2) is 29.6 Å². The SMILES string of the molecule is CCCCNC(=O)CCc1csc(-c2cccc(C)c2)n1. The van der Waals surface area contributed by atoms with Crippen molar-refractivity contribution in [2.45, 2.75) is 39.5 Å². The molecule has 2 aromatic rings. The summed E-state index contributed by atoms with van der Waals surface area (Å²) in [5.74, 6) is 0.119. The molecular weight excluding hydrogens is 280 g/mol. The highest BCUT2D eigenvalue weighted by Crippen LogP contribution is 2.24. The second-order valence-corrected chi connectivity index (χ2v) is 6.08. The van der Waals surface area contributed by atoms with E-state index in [1.54, 1.807) is 11.3 Å². The van der Waals surface area contributed by atoms with Gasteiger partial charge in [-0.25, -0.2) is 4.98 Å². The number of aromatic nitrogens is 1. The number of unbranched alkanes of at least 4 members (excludes halogenated alkanes) is 1. The Hall–Kier alpha value is -1.68. The zero-order valence-corrected chi connectivity index (χ0v) is 13.5. The second kappa shape index (κ2) is 7.93. The number of carbonyl (C=O) groups is 1. The Morgan fingerprint density at radius 1 is 1.38 bits per heavy atom. The molecule has 1 aromatic heterocycles. The average molecular weight is 302 g/mol. The van der Waals surface area contributed by atoms with E-state index in [0.29, 0.717) is 12.8 Å². The first-order valence-corrected chi connectivity index (χ1v) is 8.35. The van der Waals surface area contributed by atoms with Crippen molar-refractivity contribution in [1.82, 2.24) is 10.3 Å². The Morgan fingerprint density at radius 3 is 3.00 bits per heavy atom. The fourth-order valence-electron chi connectivity index (χ4n) is 2.07. The van der Waals surface area contributed by atoms with Gasteiger partial charge >= 0.3 is 0 Å². The summed E-state index contributed by atoms with van der Waals surface area (Å²) in [5, 5.41) is 6.02. The first kappa shape index (κ1) is 15.7.